The van der Waals surface area contributed by atoms with Gasteiger partial charge in [-0.3, -0.25) is 4.79 Å². The van der Waals surface area contributed by atoms with E-state index >= 15 is 0 Å². The van der Waals surface area contributed by atoms with Crippen molar-refractivity contribution >= 4 is 11.8 Å². The molecule has 2 aromatic carbocycles. The molecule has 2 N–H and O–H groups in total. The monoisotopic (exact) mass is 358 g/mol. The van der Waals surface area contributed by atoms with Crippen LogP contribution in [0.1, 0.15) is 38.1 Å². The number of rotatable bonds is 5. The van der Waals surface area contributed by atoms with E-state index in [1.165, 1.54) is 0 Å². The van der Waals surface area contributed by atoms with Gasteiger partial charge in [0.1, 0.15) is 5.75 Å². The summed E-state index contributed by atoms with van der Waals surface area (Å²) in [4.78, 5) is 23.2. The van der Waals surface area contributed by atoms with Crippen molar-refractivity contribution in [1.82, 2.24) is 0 Å². The van der Waals surface area contributed by atoms with Crippen molar-refractivity contribution in [1.29, 1.82) is 0 Å². The lowest BCUT2D eigenvalue weighted by molar-refractivity contribution is -0.129. The first kappa shape index (κ1) is 21.5. The van der Waals surface area contributed by atoms with Crippen LogP contribution in [-0.2, 0) is 4.79 Å². The molecule has 0 saturated heterocycles. The molecule has 26 heavy (non-hydrogen) atoms. The van der Waals surface area contributed by atoms with Crippen LogP contribution in [0.5, 0.6) is 5.75 Å². The Kier molecular flexibility index (Phi) is 8.16. The number of hydrogen-bond donors (Lipinski definition) is 2. The summed E-state index contributed by atoms with van der Waals surface area (Å²) in [6, 6.07) is 16.8. The molecule has 2 atom stereocenters. The molecular formula is C21H26O5. The van der Waals surface area contributed by atoms with Crippen molar-refractivity contribution < 1.29 is 24.5 Å². The number of aliphatic hydroxyl groups is 2. The van der Waals surface area contributed by atoms with Crippen LogP contribution in [0.15, 0.2) is 60.7 Å². The maximum Gasteiger partial charge on any atom is 0.385 e. The zero-order chi connectivity index (χ0) is 19.7. The standard InChI is InChI=1S/C14H10O3.C7H16O2/c15-13(11-7-3-1-4-8-11)14(16)17-12-9-5-2-6-10-12;1-5(8)7(3,4)6(2)9/h1-10H;5-6,8-9H,1-4H3. The van der Waals surface area contributed by atoms with Crippen molar-refractivity contribution in [3.05, 3.63) is 66.2 Å². The number of carbonyl (C=O) groups is 2. The molecule has 0 amide bonds. The predicted octanol–water partition coefficient (Wildman–Crippen LogP) is 3.25. The highest BCUT2D eigenvalue weighted by Gasteiger charge is 2.29. The van der Waals surface area contributed by atoms with E-state index in [2.05, 4.69) is 0 Å². The summed E-state index contributed by atoms with van der Waals surface area (Å²) in [5.74, 6) is -1.15. The Morgan fingerprint density at radius 3 is 1.65 bits per heavy atom. The Balaban J connectivity index is 0.000000321. The lowest BCUT2D eigenvalue weighted by Crippen LogP contribution is -2.36. The molecule has 0 fully saturated rings. The predicted molar refractivity (Wildman–Crippen MR) is 100.0 cm³/mol. The number of ketones is 1. The zero-order valence-corrected chi connectivity index (χ0v) is 15.5. The van der Waals surface area contributed by atoms with Gasteiger partial charge in [-0.25, -0.2) is 4.79 Å². The van der Waals surface area contributed by atoms with Gasteiger partial charge in [0.25, 0.3) is 5.78 Å². The SMILES string of the molecule is CC(O)C(C)(C)C(C)O.O=C(Oc1ccccc1)C(=O)c1ccccc1. The third-order valence-electron chi connectivity index (χ3n) is 4.33. The van der Waals surface area contributed by atoms with Gasteiger partial charge < -0.3 is 14.9 Å². The number of aliphatic hydroxyl groups excluding tert-OH is 2. The highest BCUT2D eigenvalue weighted by atomic mass is 16.5. The van der Waals surface area contributed by atoms with Crippen molar-refractivity contribution in [2.45, 2.75) is 39.9 Å². The number of benzene rings is 2. The third kappa shape index (κ3) is 6.43. The minimum Gasteiger partial charge on any atom is -0.421 e. The highest BCUT2D eigenvalue weighted by Crippen LogP contribution is 2.24. The molecule has 2 unspecified atom stereocenters. The fraction of sp³-hybridized carbons (Fsp3) is 0.333. The lowest BCUT2D eigenvalue weighted by Gasteiger charge is -2.30. The molecule has 0 radical (unpaired) electrons. The van der Waals surface area contributed by atoms with Crippen molar-refractivity contribution in [2.75, 3.05) is 0 Å². The third-order valence-corrected chi connectivity index (χ3v) is 4.33. The van der Waals surface area contributed by atoms with Gasteiger partial charge in [-0.05, 0) is 26.0 Å². The normalized spacial score (nSPS) is 13.0. The lowest BCUT2D eigenvalue weighted by atomic mass is 9.82. The second kappa shape index (κ2) is 9.85. The Hall–Kier alpha value is -2.50. The fourth-order valence-electron chi connectivity index (χ4n) is 1.70. The van der Waals surface area contributed by atoms with E-state index in [9.17, 15) is 9.59 Å². The van der Waals surface area contributed by atoms with Gasteiger partial charge in [0.15, 0.2) is 0 Å². The first-order valence-corrected chi connectivity index (χ1v) is 8.39. The van der Waals surface area contributed by atoms with Gasteiger partial charge in [0.05, 0.1) is 12.2 Å². The van der Waals surface area contributed by atoms with Crippen LogP contribution in [-0.4, -0.2) is 34.2 Å². The molecule has 0 heterocycles. The summed E-state index contributed by atoms with van der Waals surface area (Å²) in [7, 11) is 0. The van der Waals surface area contributed by atoms with E-state index in [1.807, 2.05) is 13.8 Å². The maximum atomic E-state index is 11.7. The minimum absolute atomic E-state index is 0.327. The minimum atomic E-state index is -0.873. The molecule has 2 rings (SSSR count). The van der Waals surface area contributed by atoms with Gasteiger partial charge in [-0.15, -0.1) is 0 Å². The van der Waals surface area contributed by atoms with E-state index in [0.29, 0.717) is 11.3 Å². The molecule has 0 aromatic heterocycles. The largest absolute Gasteiger partial charge is 0.421 e. The Bertz CT molecular complexity index is 681. The van der Waals surface area contributed by atoms with Gasteiger partial charge >= 0.3 is 5.97 Å². The average Bonchev–Trinajstić information content (AvgIpc) is 2.63. The summed E-state index contributed by atoms with van der Waals surface area (Å²) >= 11 is 0. The summed E-state index contributed by atoms with van der Waals surface area (Å²) in [6.07, 6.45) is -0.921. The number of ether oxygens (including phenoxy) is 1. The molecule has 0 saturated carbocycles. The molecule has 0 aliphatic heterocycles. The first-order chi connectivity index (χ1) is 12.2. The summed E-state index contributed by atoms with van der Waals surface area (Å²) in [5, 5.41) is 18.2. The van der Waals surface area contributed by atoms with Gasteiger partial charge in [0, 0.05) is 11.0 Å². The summed E-state index contributed by atoms with van der Waals surface area (Å²) in [6.45, 7) is 7.05. The smallest absolute Gasteiger partial charge is 0.385 e. The summed E-state index contributed by atoms with van der Waals surface area (Å²) in [5.41, 5.74) is -0.0616. The number of hydrogen-bond acceptors (Lipinski definition) is 5. The van der Waals surface area contributed by atoms with Crippen LogP contribution in [0.2, 0.25) is 0 Å². The molecule has 0 aliphatic carbocycles. The molecular weight excluding hydrogens is 332 g/mol. The number of para-hydroxylation sites is 1. The Morgan fingerprint density at radius 1 is 0.846 bits per heavy atom. The van der Waals surface area contributed by atoms with E-state index < -0.39 is 24.0 Å². The number of Topliss-reactive ketones (excluding diaryl/α,β-unsaturated/α-hetero) is 1. The Labute approximate surface area is 154 Å². The molecule has 5 heteroatoms. The van der Waals surface area contributed by atoms with E-state index in [4.69, 9.17) is 14.9 Å². The highest BCUT2D eigenvalue weighted by molar-refractivity contribution is 6.41. The fourth-order valence-corrected chi connectivity index (χ4v) is 1.70. The molecule has 0 spiro atoms. The van der Waals surface area contributed by atoms with Gasteiger partial charge in [-0.1, -0.05) is 62.4 Å². The molecule has 0 bridgehead atoms. The zero-order valence-electron chi connectivity index (χ0n) is 15.5. The van der Waals surface area contributed by atoms with Crippen molar-refractivity contribution in [3.63, 3.8) is 0 Å². The van der Waals surface area contributed by atoms with Crippen LogP contribution < -0.4 is 4.74 Å². The van der Waals surface area contributed by atoms with Crippen LogP contribution in [0.4, 0.5) is 0 Å². The van der Waals surface area contributed by atoms with E-state index in [-0.39, 0.29) is 5.41 Å². The quantitative estimate of drug-likeness (QED) is 0.371. The van der Waals surface area contributed by atoms with Crippen LogP contribution in [0.25, 0.3) is 0 Å². The molecule has 0 aliphatic rings. The van der Waals surface area contributed by atoms with Gasteiger partial charge in [0.2, 0.25) is 0 Å². The van der Waals surface area contributed by atoms with E-state index in [0.717, 1.165) is 0 Å². The van der Waals surface area contributed by atoms with Gasteiger partial charge in [-0.2, -0.15) is 0 Å². The average molecular weight is 358 g/mol. The topological polar surface area (TPSA) is 83.8 Å². The summed E-state index contributed by atoms with van der Waals surface area (Å²) < 4.78 is 4.94. The second-order valence-electron chi connectivity index (χ2n) is 6.57. The van der Waals surface area contributed by atoms with Crippen LogP contribution >= 0.6 is 0 Å². The number of esters is 1. The van der Waals surface area contributed by atoms with Crippen molar-refractivity contribution in [3.8, 4) is 5.75 Å². The van der Waals surface area contributed by atoms with Crippen LogP contribution in [0, 0.1) is 5.41 Å². The number of carbonyl (C=O) groups excluding carboxylic acids is 2. The first-order valence-electron chi connectivity index (χ1n) is 8.39. The molecule has 5 nitrogen and oxygen atoms in total. The second-order valence-corrected chi connectivity index (χ2v) is 6.57. The van der Waals surface area contributed by atoms with Crippen molar-refractivity contribution in [2.24, 2.45) is 5.41 Å². The van der Waals surface area contributed by atoms with Crippen LogP contribution in [0.3, 0.4) is 0 Å². The maximum absolute atomic E-state index is 11.7. The Morgan fingerprint density at radius 2 is 1.27 bits per heavy atom. The molecule has 2 aromatic rings. The molecule has 140 valence electrons. The van der Waals surface area contributed by atoms with E-state index in [1.54, 1.807) is 74.5 Å².